The third-order valence-electron chi connectivity index (χ3n) is 5.17. The molecule has 0 aliphatic carbocycles. The molecule has 0 atom stereocenters. The number of hydrogen-bond donors (Lipinski definition) is 0. The molecule has 1 radical (unpaired) electrons. The zero-order chi connectivity index (χ0) is 21.8. The third-order valence-corrected chi connectivity index (χ3v) is 5.17. The first-order valence-corrected chi connectivity index (χ1v) is 10.2. The number of anilines is 2. The van der Waals surface area contributed by atoms with Gasteiger partial charge >= 0.3 is 17.1 Å². The average molecular weight is 462 g/mol. The van der Waals surface area contributed by atoms with Gasteiger partial charge in [0, 0.05) is 23.8 Å². The van der Waals surface area contributed by atoms with Crippen molar-refractivity contribution in [2.75, 3.05) is 9.80 Å². The molecule has 0 saturated heterocycles. The van der Waals surface area contributed by atoms with Crippen LogP contribution < -0.4 is 14.9 Å². The molecule has 1 aliphatic rings. The Morgan fingerprint density at radius 3 is 1.23 bits per heavy atom. The van der Waals surface area contributed by atoms with Crippen LogP contribution in [0.3, 0.4) is 0 Å². The van der Waals surface area contributed by atoms with Gasteiger partial charge in [0.25, 0.3) is 0 Å². The van der Waals surface area contributed by atoms with Crippen LogP contribution in [0.2, 0.25) is 0 Å². The van der Waals surface area contributed by atoms with Crippen molar-refractivity contribution in [2.45, 2.75) is 41.5 Å². The van der Waals surface area contributed by atoms with E-state index in [0.29, 0.717) is 0 Å². The maximum atomic E-state index is 10.3. The van der Waals surface area contributed by atoms with Gasteiger partial charge < -0.3 is 14.9 Å². The quantitative estimate of drug-likeness (QED) is 0.425. The minimum Gasteiger partial charge on any atom is -0.872 e. The van der Waals surface area contributed by atoms with Crippen LogP contribution in [0.4, 0.5) is 11.4 Å². The van der Waals surface area contributed by atoms with E-state index in [1.165, 1.54) is 56.9 Å². The SMILES string of the molecule is Cc1cc(C)c(N2[CH]N(c3c(C)cc(C)cc3C)C=C2)c(C)c1.[Cu+].[O-]c1ccccc1. The normalized spacial score (nSPS) is 12.3. The van der Waals surface area contributed by atoms with E-state index in [1.54, 1.807) is 12.1 Å². The Hall–Kier alpha value is -2.68. The molecule has 0 saturated carbocycles. The van der Waals surface area contributed by atoms with Gasteiger partial charge in [-0.3, -0.25) is 0 Å². The Labute approximate surface area is 197 Å². The zero-order valence-electron chi connectivity index (χ0n) is 19.0. The van der Waals surface area contributed by atoms with E-state index >= 15 is 0 Å². The summed E-state index contributed by atoms with van der Waals surface area (Å²) in [7, 11) is 0. The molecule has 0 spiro atoms. The van der Waals surface area contributed by atoms with E-state index in [4.69, 9.17) is 0 Å². The topological polar surface area (TPSA) is 29.5 Å². The number of para-hydroxylation sites is 1. The van der Waals surface area contributed by atoms with E-state index in [9.17, 15) is 5.11 Å². The van der Waals surface area contributed by atoms with Gasteiger partial charge in [0.1, 0.15) is 0 Å². The summed E-state index contributed by atoms with van der Waals surface area (Å²) in [5.41, 5.74) is 10.4. The Kier molecular flexibility index (Phi) is 8.38. The molecule has 0 amide bonds. The molecule has 1 aliphatic heterocycles. The standard InChI is InChI=1S/C21H25N2.C6H6O.Cu/c1-14-9-16(3)20(17(4)10-14)22-7-8-23(13-22)21-18(5)11-15(2)12-19(21)6;7-6-4-2-1-3-5-6;/h7-13H,1-6H3;1-5,7H;/q;;+1/p-1. The van der Waals surface area contributed by atoms with Crippen LogP contribution >= 0.6 is 0 Å². The summed E-state index contributed by atoms with van der Waals surface area (Å²) in [6.45, 7) is 15.2. The van der Waals surface area contributed by atoms with Crippen LogP contribution in [-0.2, 0) is 17.1 Å². The van der Waals surface area contributed by atoms with Crippen LogP contribution in [-0.4, -0.2) is 0 Å². The molecule has 1 heterocycles. The fourth-order valence-electron chi connectivity index (χ4n) is 4.20. The maximum Gasteiger partial charge on any atom is 1.00 e. The minimum absolute atomic E-state index is 0. The zero-order valence-corrected chi connectivity index (χ0v) is 20.0. The molecular weight excluding hydrogens is 432 g/mol. The van der Waals surface area contributed by atoms with Crippen molar-refractivity contribution in [1.29, 1.82) is 0 Å². The smallest absolute Gasteiger partial charge is 0.872 e. The molecule has 4 rings (SSSR count). The second kappa shape index (κ2) is 10.6. The molecule has 3 nitrogen and oxygen atoms in total. The van der Waals surface area contributed by atoms with Crippen molar-refractivity contribution in [3.8, 4) is 5.75 Å². The molecule has 31 heavy (non-hydrogen) atoms. The summed E-state index contributed by atoms with van der Waals surface area (Å²) in [6.07, 6.45) is 4.28. The van der Waals surface area contributed by atoms with Gasteiger partial charge in [-0.25, -0.2) is 0 Å². The van der Waals surface area contributed by atoms with E-state index in [1.807, 2.05) is 6.07 Å². The first kappa shape index (κ1) is 24.6. The molecule has 165 valence electrons. The van der Waals surface area contributed by atoms with Crippen LogP contribution in [0.25, 0.3) is 0 Å². The van der Waals surface area contributed by atoms with Crippen molar-refractivity contribution >= 4 is 11.4 Å². The molecule has 0 unspecified atom stereocenters. The predicted molar refractivity (Wildman–Crippen MR) is 126 cm³/mol. The molecule has 0 fully saturated rings. The molecule has 0 N–H and O–H groups in total. The molecule has 3 aromatic rings. The first-order valence-electron chi connectivity index (χ1n) is 10.2. The van der Waals surface area contributed by atoms with Crippen LogP contribution in [0.1, 0.15) is 33.4 Å². The second-order valence-corrected chi connectivity index (χ2v) is 8.04. The van der Waals surface area contributed by atoms with Gasteiger partial charge in [0.2, 0.25) is 0 Å². The van der Waals surface area contributed by atoms with Crippen molar-refractivity contribution in [2.24, 2.45) is 0 Å². The van der Waals surface area contributed by atoms with E-state index in [2.05, 4.69) is 94.7 Å². The monoisotopic (exact) mass is 461 g/mol. The van der Waals surface area contributed by atoms with Gasteiger partial charge in [-0.05, 0) is 63.8 Å². The summed E-state index contributed by atoms with van der Waals surface area (Å²) in [5.74, 6) is 0.0718. The molecule has 0 bridgehead atoms. The summed E-state index contributed by atoms with van der Waals surface area (Å²) >= 11 is 0. The largest absolute Gasteiger partial charge is 1.00 e. The molecule has 4 heteroatoms. The maximum absolute atomic E-state index is 10.3. The molecular formula is C27H30CuN2O. The fraction of sp³-hybridized carbons (Fsp3) is 0.222. The number of hydrogen-bond acceptors (Lipinski definition) is 3. The van der Waals surface area contributed by atoms with Crippen molar-refractivity contribution in [3.05, 3.63) is 107 Å². The predicted octanol–water partition coefficient (Wildman–Crippen LogP) is 6.21. The Balaban J connectivity index is 0.000000364. The van der Waals surface area contributed by atoms with Crippen molar-refractivity contribution < 1.29 is 22.2 Å². The summed E-state index contributed by atoms with van der Waals surface area (Å²) < 4.78 is 0. The molecule has 3 aromatic carbocycles. The Bertz CT molecular complexity index is 949. The summed E-state index contributed by atoms with van der Waals surface area (Å²) in [6, 6.07) is 17.3. The fourth-order valence-corrected chi connectivity index (χ4v) is 4.20. The first-order chi connectivity index (χ1) is 14.3. The van der Waals surface area contributed by atoms with Gasteiger partial charge in [-0.2, -0.15) is 0 Å². The van der Waals surface area contributed by atoms with Crippen LogP contribution in [0, 0.1) is 48.2 Å². The van der Waals surface area contributed by atoms with Gasteiger partial charge in [-0.1, -0.05) is 65.7 Å². The minimum atomic E-state index is 0. The van der Waals surface area contributed by atoms with Crippen molar-refractivity contribution in [3.63, 3.8) is 0 Å². The Morgan fingerprint density at radius 2 is 0.935 bits per heavy atom. The van der Waals surface area contributed by atoms with Crippen LogP contribution in [0.5, 0.6) is 5.75 Å². The number of aryl methyl sites for hydroxylation is 6. The number of rotatable bonds is 2. The number of benzene rings is 3. The van der Waals surface area contributed by atoms with Crippen molar-refractivity contribution in [1.82, 2.24) is 0 Å². The van der Waals surface area contributed by atoms with E-state index < -0.39 is 0 Å². The Morgan fingerprint density at radius 1 is 0.581 bits per heavy atom. The average Bonchev–Trinajstić information content (AvgIpc) is 3.10. The van der Waals surface area contributed by atoms with E-state index in [-0.39, 0.29) is 22.8 Å². The van der Waals surface area contributed by atoms with E-state index in [0.717, 1.165) is 0 Å². The summed E-state index contributed by atoms with van der Waals surface area (Å²) in [5, 5.41) is 10.3. The van der Waals surface area contributed by atoms with Gasteiger partial charge in [0.15, 0.2) is 6.67 Å². The van der Waals surface area contributed by atoms with Gasteiger partial charge in [0.05, 0.1) is 0 Å². The van der Waals surface area contributed by atoms with Crippen LogP contribution in [0.15, 0.2) is 67.0 Å². The number of nitrogens with zero attached hydrogens (tertiary/aromatic N) is 2. The summed E-state index contributed by atoms with van der Waals surface area (Å²) in [4.78, 5) is 4.45. The third kappa shape index (κ3) is 5.94. The van der Waals surface area contributed by atoms with Gasteiger partial charge in [-0.15, -0.1) is 5.75 Å². The molecule has 0 aromatic heterocycles. The second-order valence-electron chi connectivity index (χ2n) is 8.04.